The fourth-order valence-electron chi connectivity index (χ4n) is 3.57. The van der Waals surface area contributed by atoms with E-state index in [0.29, 0.717) is 28.0 Å². The van der Waals surface area contributed by atoms with Crippen LogP contribution in [0.1, 0.15) is 27.7 Å². The number of benzene rings is 2. The number of esters is 2. The third kappa shape index (κ3) is 6.62. The summed E-state index contributed by atoms with van der Waals surface area (Å²) in [6.45, 7) is 7.01. The van der Waals surface area contributed by atoms with E-state index in [4.69, 9.17) is 32.7 Å². The van der Waals surface area contributed by atoms with Gasteiger partial charge < -0.3 is 14.4 Å². The van der Waals surface area contributed by atoms with Crippen LogP contribution in [0.5, 0.6) is 0 Å². The Labute approximate surface area is 204 Å². The molecule has 2 aromatic rings. The predicted molar refractivity (Wildman–Crippen MR) is 130 cm³/mol. The number of halogens is 2. The van der Waals surface area contributed by atoms with Gasteiger partial charge in [-0.3, -0.25) is 9.69 Å². The van der Waals surface area contributed by atoms with Crippen LogP contribution in [-0.4, -0.2) is 49.7 Å². The zero-order chi connectivity index (χ0) is 24.5. The molecule has 2 aromatic carbocycles. The molecule has 2 unspecified atom stereocenters. The minimum Gasteiger partial charge on any atom is -0.464 e. The molecule has 0 aliphatic rings. The monoisotopic (exact) mass is 494 g/mol. The number of hydrogen-bond acceptors (Lipinski definition) is 6. The van der Waals surface area contributed by atoms with Crippen LogP contribution >= 0.6 is 23.2 Å². The molecule has 0 aliphatic heterocycles. The van der Waals surface area contributed by atoms with Crippen LogP contribution in [0.2, 0.25) is 10.0 Å². The number of likely N-dealkylation sites (N-methyl/N-ethyl adjacent to an activating group) is 1. The quantitative estimate of drug-likeness (QED) is 0.444. The molecule has 2 atom stereocenters. The summed E-state index contributed by atoms with van der Waals surface area (Å²) < 4.78 is 10.7. The van der Waals surface area contributed by atoms with Gasteiger partial charge in [0.15, 0.2) is 12.1 Å². The summed E-state index contributed by atoms with van der Waals surface area (Å²) in [5.41, 5.74) is 1.03. The van der Waals surface area contributed by atoms with Crippen LogP contribution in [0.4, 0.5) is 11.4 Å². The lowest BCUT2D eigenvalue weighted by molar-refractivity contribution is -0.153. The summed E-state index contributed by atoms with van der Waals surface area (Å²) in [5, 5.41) is 0.990. The number of carbonyl (C=O) groups is 3. The largest absolute Gasteiger partial charge is 0.464 e. The Balaban J connectivity index is 2.72. The van der Waals surface area contributed by atoms with Crippen LogP contribution in [0.3, 0.4) is 0 Å². The van der Waals surface area contributed by atoms with Crippen LogP contribution < -0.4 is 9.80 Å². The van der Waals surface area contributed by atoms with Gasteiger partial charge in [-0.05, 0) is 69.3 Å². The first kappa shape index (κ1) is 26.5. The lowest BCUT2D eigenvalue weighted by Crippen LogP contribution is -2.61. The maximum Gasteiger partial charge on any atom is 0.332 e. The molecule has 0 spiro atoms. The zero-order valence-electron chi connectivity index (χ0n) is 19.1. The van der Waals surface area contributed by atoms with Crippen LogP contribution in [-0.2, 0) is 23.9 Å². The molecule has 0 aromatic heterocycles. The smallest absolute Gasteiger partial charge is 0.332 e. The Morgan fingerprint density at radius 1 is 0.758 bits per heavy atom. The molecule has 7 nitrogen and oxygen atoms in total. The first-order valence-electron chi connectivity index (χ1n) is 10.7. The van der Waals surface area contributed by atoms with Crippen molar-refractivity contribution < 1.29 is 23.9 Å². The molecule has 0 bridgehead atoms. The van der Waals surface area contributed by atoms with Crippen molar-refractivity contribution in [2.75, 3.05) is 29.6 Å². The Hall–Kier alpha value is -2.77. The number of carbonyl (C=O) groups excluding carboxylic acids is 3. The summed E-state index contributed by atoms with van der Waals surface area (Å²) in [7, 11) is 0. The van der Waals surface area contributed by atoms with Gasteiger partial charge in [-0.2, -0.15) is 0 Å². The van der Waals surface area contributed by atoms with Gasteiger partial charge in [0.1, 0.15) is 0 Å². The van der Waals surface area contributed by atoms with Crippen molar-refractivity contribution in [2.45, 2.75) is 39.8 Å². The highest BCUT2D eigenvalue weighted by Crippen LogP contribution is 2.28. The summed E-state index contributed by atoms with van der Waals surface area (Å²) in [6, 6.07) is 10.8. The highest BCUT2D eigenvalue weighted by atomic mass is 35.5. The van der Waals surface area contributed by atoms with Crippen molar-refractivity contribution in [1.82, 2.24) is 0 Å². The van der Waals surface area contributed by atoms with Gasteiger partial charge in [-0.15, -0.1) is 0 Å². The first-order chi connectivity index (χ1) is 15.7. The minimum absolute atomic E-state index is 0.0737. The lowest BCUT2D eigenvalue weighted by Gasteiger charge is -2.40. The van der Waals surface area contributed by atoms with Crippen molar-refractivity contribution in [2.24, 2.45) is 0 Å². The number of rotatable bonds is 10. The van der Waals surface area contributed by atoms with Gasteiger partial charge >= 0.3 is 11.9 Å². The molecule has 178 valence electrons. The van der Waals surface area contributed by atoms with Gasteiger partial charge in [0.05, 0.1) is 13.2 Å². The van der Waals surface area contributed by atoms with E-state index in [1.54, 1.807) is 67.3 Å². The average Bonchev–Trinajstić information content (AvgIpc) is 2.78. The van der Waals surface area contributed by atoms with E-state index >= 15 is 0 Å². The molecular weight excluding hydrogens is 467 g/mol. The summed E-state index contributed by atoms with van der Waals surface area (Å²) >= 11 is 12.1. The van der Waals surface area contributed by atoms with Crippen LogP contribution in [0.25, 0.3) is 0 Å². The second-order valence-corrected chi connectivity index (χ2v) is 7.89. The number of hydrogen-bond donors (Lipinski definition) is 0. The van der Waals surface area contributed by atoms with Crippen molar-refractivity contribution in [3.8, 4) is 0 Å². The normalized spacial score (nSPS) is 12.4. The lowest BCUT2D eigenvalue weighted by atomic mass is 10.0. The predicted octanol–water partition coefficient (Wildman–Crippen LogP) is 4.74. The maximum absolute atomic E-state index is 13.3. The molecule has 2 rings (SSSR count). The van der Waals surface area contributed by atoms with Gasteiger partial charge in [-0.25, -0.2) is 9.59 Å². The molecule has 0 saturated carbocycles. The van der Waals surface area contributed by atoms with E-state index in [1.807, 2.05) is 6.92 Å². The SMILES string of the molecule is CCOC(=O)C(C(C(=O)OCC)N(C(C)=O)c1ccc(Cl)cc1)N(CC)c1ccc(Cl)cc1. The average molecular weight is 495 g/mol. The fraction of sp³-hybridized carbons (Fsp3) is 0.375. The summed E-state index contributed by atoms with van der Waals surface area (Å²) in [5.74, 6) is -1.84. The Morgan fingerprint density at radius 3 is 1.58 bits per heavy atom. The molecule has 0 aliphatic carbocycles. The molecule has 0 saturated heterocycles. The summed E-state index contributed by atoms with van der Waals surface area (Å²) in [4.78, 5) is 42.4. The summed E-state index contributed by atoms with van der Waals surface area (Å²) in [6.07, 6.45) is 0. The van der Waals surface area contributed by atoms with E-state index in [-0.39, 0.29) is 13.2 Å². The van der Waals surface area contributed by atoms with Gasteiger partial charge in [0, 0.05) is 34.9 Å². The number of ether oxygens (including phenoxy) is 2. The second-order valence-electron chi connectivity index (χ2n) is 7.02. The highest BCUT2D eigenvalue weighted by molar-refractivity contribution is 6.31. The third-order valence-corrected chi connectivity index (χ3v) is 5.42. The standard InChI is InChI=1S/C24H28Cl2N2O5/c1-5-27(19-12-8-17(25)9-13-19)21(23(30)32-6-2)22(24(31)33-7-3)28(16(4)29)20-14-10-18(26)11-15-20/h8-15,21-22H,5-7H2,1-4H3. The van der Waals surface area contributed by atoms with Gasteiger partial charge in [0.2, 0.25) is 5.91 Å². The molecule has 1 amide bonds. The van der Waals surface area contributed by atoms with Crippen molar-refractivity contribution >= 4 is 52.4 Å². The molecule has 0 heterocycles. The van der Waals surface area contributed by atoms with Crippen molar-refractivity contribution in [3.05, 3.63) is 58.6 Å². The van der Waals surface area contributed by atoms with E-state index in [2.05, 4.69) is 0 Å². The molecular formula is C24H28Cl2N2O5. The first-order valence-corrected chi connectivity index (χ1v) is 11.4. The molecule has 9 heteroatoms. The Bertz CT molecular complexity index is 950. The molecule has 0 radical (unpaired) electrons. The van der Waals surface area contributed by atoms with Crippen molar-refractivity contribution in [1.29, 1.82) is 0 Å². The van der Waals surface area contributed by atoms with E-state index < -0.39 is 29.9 Å². The Morgan fingerprint density at radius 2 is 1.18 bits per heavy atom. The van der Waals surface area contributed by atoms with Crippen LogP contribution in [0, 0.1) is 0 Å². The molecule has 0 fully saturated rings. The van der Waals surface area contributed by atoms with E-state index in [9.17, 15) is 14.4 Å². The number of amides is 1. The maximum atomic E-state index is 13.3. The topological polar surface area (TPSA) is 76.2 Å². The zero-order valence-corrected chi connectivity index (χ0v) is 20.6. The van der Waals surface area contributed by atoms with E-state index in [0.717, 1.165) is 0 Å². The number of nitrogens with zero attached hydrogens (tertiary/aromatic N) is 2. The third-order valence-electron chi connectivity index (χ3n) is 4.91. The number of anilines is 2. The van der Waals surface area contributed by atoms with Crippen LogP contribution in [0.15, 0.2) is 48.5 Å². The second kappa shape index (κ2) is 12.5. The minimum atomic E-state index is -1.32. The fourth-order valence-corrected chi connectivity index (χ4v) is 3.82. The van der Waals surface area contributed by atoms with Gasteiger partial charge in [-0.1, -0.05) is 23.2 Å². The van der Waals surface area contributed by atoms with Gasteiger partial charge in [0.25, 0.3) is 0 Å². The highest BCUT2D eigenvalue weighted by Gasteiger charge is 2.45. The van der Waals surface area contributed by atoms with Crippen molar-refractivity contribution in [3.63, 3.8) is 0 Å². The molecule has 33 heavy (non-hydrogen) atoms. The Kier molecular flexibility index (Phi) is 10.0. The van der Waals surface area contributed by atoms with E-state index in [1.165, 1.54) is 11.8 Å². The molecule has 0 N–H and O–H groups in total.